The minimum atomic E-state index is -3.68. The predicted molar refractivity (Wildman–Crippen MR) is 90.3 cm³/mol. The molecule has 0 radical (unpaired) electrons. The summed E-state index contributed by atoms with van der Waals surface area (Å²) in [5.41, 5.74) is 2.12. The zero-order valence-electron chi connectivity index (χ0n) is 13.8. The van der Waals surface area contributed by atoms with Crippen LogP contribution in [0.2, 0.25) is 0 Å². The molecular weight excluding hydrogens is 313 g/mol. The van der Waals surface area contributed by atoms with Gasteiger partial charge in [0.1, 0.15) is 5.82 Å². The predicted octanol–water partition coefficient (Wildman–Crippen LogP) is 4.16. The van der Waals surface area contributed by atoms with Crippen molar-refractivity contribution in [3.05, 3.63) is 65.5 Å². The molecule has 0 aliphatic heterocycles. The first-order valence-electron chi connectivity index (χ1n) is 7.48. The van der Waals surface area contributed by atoms with Crippen molar-refractivity contribution >= 4 is 10.0 Å². The summed E-state index contributed by atoms with van der Waals surface area (Å²) in [6.45, 7) is 8.17. The van der Waals surface area contributed by atoms with Crippen LogP contribution in [0, 0.1) is 5.82 Å². The van der Waals surface area contributed by atoms with E-state index in [9.17, 15) is 12.8 Å². The number of nitrogens with one attached hydrogen (secondary N) is 1. The lowest BCUT2D eigenvalue weighted by atomic mass is 9.86. The van der Waals surface area contributed by atoms with Gasteiger partial charge in [-0.3, -0.25) is 0 Å². The molecule has 124 valence electrons. The van der Waals surface area contributed by atoms with Crippen molar-refractivity contribution in [1.82, 2.24) is 4.72 Å². The molecule has 0 aliphatic carbocycles. The molecular formula is C18H22FNO2S. The number of sulfonamides is 1. The van der Waals surface area contributed by atoms with Crippen LogP contribution < -0.4 is 4.72 Å². The average molecular weight is 335 g/mol. The van der Waals surface area contributed by atoms with Gasteiger partial charge in [0.05, 0.1) is 4.90 Å². The molecule has 0 unspecified atom stereocenters. The second-order valence-corrected chi connectivity index (χ2v) is 8.38. The first-order valence-corrected chi connectivity index (χ1v) is 8.96. The highest BCUT2D eigenvalue weighted by Crippen LogP contribution is 2.24. The van der Waals surface area contributed by atoms with Gasteiger partial charge in [-0.15, -0.1) is 0 Å². The fourth-order valence-corrected chi connectivity index (χ4v) is 3.49. The van der Waals surface area contributed by atoms with E-state index in [-0.39, 0.29) is 16.4 Å². The van der Waals surface area contributed by atoms with E-state index in [0.717, 1.165) is 17.7 Å². The van der Waals surface area contributed by atoms with Gasteiger partial charge in [-0.2, -0.15) is 0 Å². The highest BCUT2D eigenvalue weighted by Gasteiger charge is 2.19. The third-order valence-electron chi connectivity index (χ3n) is 3.73. The van der Waals surface area contributed by atoms with Crippen molar-refractivity contribution in [2.45, 2.75) is 44.0 Å². The van der Waals surface area contributed by atoms with Gasteiger partial charge in [0, 0.05) is 6.04 Å². The Labute approximate surface area is 137 Å². The van der Waals surface area contributed by atoms with Crippen LogP contribution in [0.15, 0.2) is 53.4 Å². The normalized spacial score (nSPS) is 13.8. The molecule has 23 heavy (non-hydrogen) atoms. The lowest BCUT2D eigenvalue weighted by Crippen LogP contribution is -2.27. The Hall–Kier alpha value is -1.72. The van der Waals surface area contributed by atoms with E-state index in [1.807, 2.05) is 24.3 Å². The summed E-state index contributed by atoms with van der Waals surface area (Å²) in [5, 5.41) is 0. The monoisotopic (exact) mass is 335 g/mol. The van der Waals surface area contributed by atoms with E-state index in [4.69, 9.17) is 0 Å². The zero-order chi connectivity index (χ0) is 17.3. The Morgan fingerprint density at radius 1 is 0.957 bits per heavy atom. The maximum Gasteiger partial charge on any atom is 0.241 e. The quantitative estimate of drug-likeness (QED) is 0.912. The van der Waals surface area contributed by atoms with Crippen LogP contribution in [0.4, 0.5) is 4.39 Å². The molecule has 0 saturated carbocycles. The molecule has 2 rings (SSSR count). The highest BCUT2D eigenvalue weighted by molar-refractivity contribution is 7.89. The van der Waals surface area contributed by atoms with Gasteiger partial charge in [-0.1, -0.05) is 45.0 Å². The van der Waals surface area contributed by atoms with Crippen LogP contribution in [0.3, 0.4) is 0 Å². The fourth-order valence-electron chi connectivity index (χ4n) is 2.25. The van der Waals surface area contributed by atoms with Crippen LogP contribution in [0.5, 0.6) is 0 Å². The minimum Gasteiger partial charge on any atom is -0.207 e. The van der Waals surface area contributed by atoms with E-state index in [2.05, 4.69) is 25.5 Å². The van der Waals surface area contributed by atoms with Crippen molar-refractivity contribution in [2.24, 2.45) is 0 Å². The van der Waals surface area contributed by atoms with E-state index >= 15 is 0 Å². The molecule has 0 saturated heterocycles. The lowest BCUT2D eigenvalue weighted by molar-refractivity contribution is 0.565. The van der Waals surface area contributed by atoms with Gasteiger partial charge in [0.25, 0.3) is 0 Å². The Kier molecular flexibility index (Phi) is 4.92. The molecule has 0 heterocycles. The Morgan fingerprint density at radius 2 is 1.48 bits per heavy atom. The summed E-state index contributed by atoms with van der Waals surface area (Å²) in [6.07, 6.45) is 0. The van der Waals surface area contributed by atoms with E-state index in [1.165, 1.54) is 17.7 Å². The number of hydrogen-bond acceptors (Lipinski definition) is 2. The van der Waals surface area contributed by atoms with Crippen LogP contribution in [0.1, 0.15) is 44.9 Å². The van der Waals surface area contributed by atoms with Crippen molar-refractivity contribution < 1.29 is 12.8 Å². The molecule has 2 aromatic carbocycles. The summed E-state index contributed by atoms with van der Waals surface area (Å²) in [4.78, 5) is 0.0528. The molecule has 3 nitrogen and oxygen atoms in total. The second-order valence-electron chi connectivity index (χ2n) is 6.67. The zero-order valence-corrected chi connectivity index (χ0v) is 14.6. The second kappa shape index (κ2) is 6.42. The Bertz CT molecular complexity index is 760. The molecule has 1 atom stereocenters. The Morgan fingerprint density at radius 3 is 1.96 bits per heavy atom. The smallest absolute Gasteiger partial charge is 0.207 e. The Balaban J connectivity index is 2.18. The van der Waals surface area contributed by atoms with Crippen molar-refractivity contribution in [3.8, 4) is 0 Å². The summed E-state index contributed by atoms with van der Waals surface area (Å²) in [5.74, 6) is -0.463. The van der Waals surface area contributed by atoms with Crippen LogP contribution in [-0.4, -0.2) is 8.42 Å². The molecule has 0 fully saturated rings. The molecule has 1 N–H and O–H groups in total. The first kappa shape index (κ1) is 17.6. The van der Waals surface area contributed by atoms with Crippen LogP contribution in [0.25, 0.3) is 0 Å². The van der Waals surface area contributed by atoms with Crippen molar-refractivity contribution in [1.29, 1.82) is 0 Å². The van der Waals surface area contributed by atoms with Crippen molar-refractivity contribution in [3.63, 3.8) is 0 Å². The third kappa shape index (κ3) is 4.39. The maximum atomic E-state index is 12.9. The van der Waals surface area contributed by atoms with Gasteiger partial charge in [0.2, 0.25) is 10.0 Å². The standard InChI is InChI=1S/C18H22FNO2S/c1-13(14-5-7-15(8-6-14)18(2,3)4)20-23(21,22)17-11-9-16(19)10-12-17/h5-13,20H,1-4H3/t13-/m0/s1. The molecule has 0 aliphatic rings. The summed E-state index contributed by atoms with van der Waals surface area (Å²) < 4.78 is 40.2. The highest BCUT2D eigenvalue weighted by atomic mass is 32.2. The number of hydrogen-bond donors (Lipinski definition) is 1. The topological polar surface area (TPSA) is 46.2 Å². The number of benzene rings is 2. The molecule has 0 amide bonds. The van der Waals surface area contributed by atoms with Gasteiger partial charge < -0.3 is 0 Å². The molecule has 0 bridgehead atoms. The van der Waals surface area contributed by atoms with Gasteiger partial charge in [-0.05, 0) is 47.7 Å². The number of halogens is 1. The lowest BCUT2D eigenvalue weighted by Gasteiger charge is -2.20. The summed E-state index contributed by atoms with van der Waals surface area (Å²) >= 11 is 0. The van der Waals surface area contributed by atoms with Crippen molar-refractivity contribution in [2.75, 3.05) is 0 Å². The fraction of sp³-hybridized carbons (Fsp3) is 0.333. The maximum absolute atomic E-state index is 12.9. The molecule has 0 spiro atoms. The number of rotatable bonds is 4. The first-order chi connectivity index (χ1) is 10.6. The van der Waals surface area contributed by atoms with Crippen LogP contribution >= 0.6 is 0 Å². The van der Waals surface area contributed by atoms with Crippen LogP contribution in [-0.2, 0) is 15.4 Å². The van der Waals surface area contributed by atoms with E-state index in [0.29, 0.717) is 0 Å². The third-order valence-corrected chi connectivity index (χ3v) is 5.29. The molecule has 5 heteroatoms. The van der Waals surface area contributed by atoms with Gasteiger partial charge >= 0.3 is 0 Å². The SMILES string of the molecule is C[C@H](NS(=O)(=O)c1ccc(F)cc1)c1ccc(C(C)(C)C)cc1. The van der Waals surface area contributed by atoms with E-state index < -0.39 is 15.8 Å². The largest absolute Gasteiger partial charge is 0.241 e. The van der Waals surface area contributed by atoms with Gasteiger partial charge in [0.15, 0.2) is 0 Å². The minimum absolute atomic E-state index is 0.0510. The summed E-state index contributed by atoms with van der Waals surface area (Å²) in [7, 11) is -3.68. The molecule has 0 aromatic heterocycles. The van der Waals surface area contributed by atoms with Gasteiger partial charge in [-0.25, -0.2) is 17.5 Å². The summed E-state index contributed by atoms with van der Waals surface area (Å²) in [6, 6.07) is 12.3. The van der Waals surface area contributed by atoms with E-state index in [1.54, 1.807) is 6.92 Å². The molecule has 2 aromatic rings. The average Bonchev–Trinajstić information content (AvgIpc) is 2.46.